The highest BCUT2D eigenvalue weighted by molar-refractivity contribution is 5.67. The van der Waals surface area contributed by atoms with E-state index in [0.717, 1.165) is 17.2 Å². The van der Waals surface area contributed by atoms with Crippen LogP contribution in [0.15, 0.2) is 71.5 Å². The van der Waals surface area contributed by atoms with Crippen molar-refractivity contribution in [2.45, 2.75) is 19.1 Å². The number of hydrogen-bond acceptors (Lipinski definition) is 6. The second-order valence-electron chi connectivity index (χ2n) is 8.15. The van der Waals surface area contributed by atoms with E-state index in [-0.39, 0.29) is 22.9 Å². The van der Waals surface area contributed by atoms with E-state index < -0.39 is 23.2 Å². The molecule has 0 amide bonds. The fraction of sp³-hybridized carbons (Fsp3) is 0.148. The fourth-order valence-corrected chi connectivity index (χ4v) is 4.14. The van der Waals surface area contributed by atoms with Crippen LogP contribution in [0.2, 0.25) is 0 Å². The maximum Gasteiger partial charge on any atom is 0.419 e. The Kier molecular flexibility index (Phi) is 6.05. The molecule has 0 spiro atoms. The number of methoxy groups -OCH3 is 1. The zero-order valence-electron chi connectivity index (χ0n) is 19.4. The lowest BCUT2D eigenvalue weighted by atomic mass is 9.97. The van der Waals surface area contributed by atoms with Crippen LogP contribution in [0.1, 0.15) is 16.7 Å². The van der Waals surface area contributed by atoms with E-state index in [1.165, 1.54) is 36.4 Å². The first-order valence-corrected chi connectivity index (χ1v) is 11.1. The van der Waals surface area contributed by atoms with Crippen LogP contribution >= 0.6 is 0 Å². The summed E-state index contributed by atoms with van der Waals surface area (Å²) < 4.78 is 58.0. The third-order valence-electron chi connectivity index (χ3n) is 5.89. The topological polar surface area (TPSA) is 86.4 Å². The molecule has 37 heavy (non-hydrogen) atoms. The fourth-order valence-electron chi connectivity index (χ4n) is 4.14. The minimum absolute atomic E-state index is 0.0138. The van der Waals surface area contributed by atoms with Crippen LogP contribution in [0.25, 0.3) is 11.3 Å². The summed E-state index contributed by atoms with van der Waals surface area (Å²) >= 11 is 0. The lowest BCUT2D eigenvalue weighted by Gasteiger charge is -2.22. The van der Waals surface area contributed by atoms with Crippen LogP contribution in [0.5, 0.6) is 28.9 Å². The smallest absolute Gasteiger partial charge is 0.419 e. The minimum Gasteiger partial charge on any atom is -0.497 e. The van der Waals surface area contributed by atoms with Crippen molar-refractivity contribution in [3.05, 3.63) is 93.9 Å². The summed E-state index contributed by atoms with van der Waals surface area (Å²) in [7, 11) is 1.58. The highest BCUT2D eigenvalue weighted by atomic mass is 19.4. The van der Waals surface area contributed by atoms with Gasteiger partial charge in [0, 0.05) is 24.2 Å². The van der Waals surface area contributed by atoms with Gasteiger partial charge in [0.15, 0.2) is 0 Å². The van der Waals surface area contributed by atoms with E-state index in [0.29, 0.717) is 24.4 Å². The van der Waals surface area contributed by atoms with Crippen molar-refractivity contribution in [1.29, 1.82) is 5.26 Å². The van der Waals surface area contributed by atoms with Crippen LogP contribution in [0.3, 0.4) is 0 Å². The van der Waals surface area contributed by atoms with Gasteiger partial charge in [0.25, 0.3) is 0 Å². The average Bonchev–Trinajstić information content (AvgIpc) is 2.88. The van der Waals surface area contributed by atoms with E-state index in [1.54, 1.807) is 23.8 Å². The molecule has 3 aromatic carbocycles. The number of benzene rings is 3. The molecular formula is C27H18F3N3O4. The van der Waals surface area contributed by atoms with E-state index >= 15 is 0 Å². The Labute approximate surface area is 208 Å². The van der Waals surface area contributed by atoms with Crippen LogP contribution in [0.4, 0.5) is 13.2 Å². The summed E-state index contributed by atoms with van der Waals surface area (Å²) in [6, 6.07) is 17.9. The first-order chi connectivity index (χ1) is 17.8. The van der Waals surface area contributed by atoms with Crippen LogP contribution < -0.4 is 19.9 Å². The van der Waals surface area contributed by atoms with E-state index in [9.17, 15) is 23.2 Å². The molecule has 186 valence electrons. The molecule has 4 aromatic rings. The molecule has 1 aliphatic heterocycles. The number of aromatic nitrogens is 2. The number of rotatable bonds is 5. The molecule has 0 unspecified atom stereocenters. The number of halogens is 3. The second kappa shape index (κ2) is 9.35. The lowest BCUT2D eigenvalue weighted by Crippen LogP contribution is -2.28. The molecule has 1 aromatic heterocycles. The summed E-state index contributed by atoms with van der Waals surface area (Å²) in [6.07, 6.45) is -3.98. The number of para-hydroxylation sites is 1. The normalized spacial score (nSPS) is 12.2. The molecule has 0 atom stereocenters. The SMILES string of the molecule is COc1ccc2c(c1)CCn1c-2cc(Oc2ccc(Oc3ccccc3C(F)(F)F)c(C#N)c2)nc1=O. The molecule has 0 aliphatic carbocycles. The second-order valence-corrected chi connectivity index (χ2v) is 8.15. The number of fused-ring (bicyclic) bond motifs is 3. The predicted molar refractivity (Wildman–Crippen MR) is 127 cm³/mol. The Hall–Kier alpha value is -4.78. The lowest BCUT2D eigenvalue weighted by molar-refractivity contribution is -0.138. The van der Waals surface area contributed by atoms with Crippen LogP contribution in [-0.2, 0) is 19.1 Å². The molecule has 5 rings (SSSR count). The van der Waals surface area contributed by atoms with Gasteiger partial charge in [0.1, 0.15) is 29.1 Å². The number of hydrogen-bond donors (Lipinski definition) is 0. The molecule has 7 nitrogen and oxygen atoms in total. The molecule has 0 N–H and O–H groups in total. The van der Waals surface area contributed by atoms with Gasteiger partial charge >= 0.3 is 11.9 Å². The van der Waals surface area contributed by atoms with Crippen molar-refractivity contribution in [2.75, 3.05) is 7.11 Å². The zero-order valence-corrected chi connectivity index (χ0v) is 19.4. The number of ether oxygens (including phenoxy) is 3. The number of nitrogens with zero attached hydrogens (tertiary/aromatic N) is 3. The maximum atomic E-state index is 13.3. The van der Waals surface area contributed by atoms with E-state index in [2.05, 4.69) is 4.98 Å². The molecule has 0 saturated heterocycles. The molecule has 10 heteroatoms. The van der Waals surface area contributed by atoms with Gasteiger partial charge in [0.2, 0.25) is 5.88 Å². The van der Waals surface area contributed by atoms with Crippen LogP contribution in [0, 0.1) is 11.3 Å². The number of nitriles is 1. The molecule has 1 aliphatic rings. The number of aryl methyl sites for hydroxylation is 1. The van der Waals surface area contributed by atoms with Gasteiger partial charge < -0.3 is 14.2 Å². The third kappa shape index (κ3) is 4.71. The summed E-state index contributed by atoms with van der Waals surface area (Å²) in [6.45, 7) is 0.450. The van der Waals surface area contributed by atoms with E-state index in [4.69, 9.17) is 14.2 Å². The summed E-state index contributed by atoms with van der Waals surface area (Å²) in [4.78, 5) is 16.7. The van der Waals surface area contributed by atoms with Gasteiger partial charge in [-0.2, -0.15) is 23.4 Å². The monoisotopic (exact) mass is 505 g/mol. The Morgan fingerprint density at radius 2 is 1.76 bits per heavy atom. The third-order valence-corrected chi connectivity index (χ3v) is 5.89. The minimum atomic E-state index is -4.62. The van der Waals surface area contributed by atoms with Crippen molar-refractivity contribution in [1.82, 2.24) is 9.55 Å². The average molecular weight is 505 g/mol. The summed E-state index contributed by atoms with van der Waals surface area (Å²) in [5, 5.41) is 9.58. The van der Waals surface area contributed by atoms with E-state index in [1.807, 2.05) is 18.2 Å². The molecule has 0 bridgehead atoms. The van der Waals surface area contributed by atoms with Crippen LogP contribution in [-0.4, -0.2) is 16.7 Å². The van der Waals surface area contributed by atoms with Crippen molar-refractivity contribution < 1.29 is 27.4 Å². The quantitative estimate of drug-likeness (QED) is 0.333. The molecule has 2 heterocycles. The molecule has 0 saturated carbocycles. The van der Waals surface area contributed by atoms with Gasteiger partial charge in [-0.15, -0.1) is 0 Å². The molecule has 0 fully saturated rings. The standard InChI is InChI=1S/C27H18F3N3O4/c1-35-18-6-8-20-16(12-18)10-11-33-22(20)14-25(32-26(33)34)36-19-7-9-23(17(13-19)15-31)37-24-5-3-2-4-21(24)27(28,29)30/h2-9,12-14H,10-11H2,1H3. The van der Waals surface area contributed by atoms with Gasteiger partial charge in [-0.25, -0.2) is 4.79 Å². The van der Waals surface area contributed by atoms with Crippen molar-refractivity contribution >= 4 is 0 Å². The maximum absolute atomic E-state index is 13.3. The highest BCUT2D eigenvalue weighted by Crippen LogP contribution is 2.39. The highest BCUT2D eigenvalue weighted by Gasteiger charge is 2.34. The summed E-state index contributed by atoms with van der Waals surface area (Å²) in [5.41, 5.74) is 0.989. The Balaban J connectivity index is 1.45. The Morgan fingerprint density at radius 3 is 2.51 bits per heavy atom. The van der Waals surface area contributed by atoms with Gasteiger partial charge in [-0.05, 0) is 54.4 Å². The van der Waals surface area contributed by atoms with Gasteiger partial charge in [-0.1, -0.05) is 12.1 Å². The molecule has 0 radical (unpaired) electrons. The summed E-state index contributed by atoms with van der Waals surface area (Å²) in [5.74, 6) is 0.382. The van der Waals surface area contributed by atoms with Crippen molar-refractivity contribution in [2.24, 2.45) is 0 Å². The first-order valence-electron chi connectivity index (χ1n) is 11.1. The van der Waals surface area contributed by atoms with Gasteiger partial charge in [-0.3, -0.25) is 4.57 Å². The van der Waals surface area contributed by atoms with Gasteiger partial charge in [0.05, 0.1) is 23.9 Å². The first kappa shape index (κ1) is 23.9. The van der Waals surface area contributed by atoms with Crippen molar-refractivity contribution in [3.63, 3.8) is 0 Å². The Bertz CT molecular complexity index is 1610. The van der Waals surface area contributed by atoms with Crippen molar-refractivity contribution in [3.8, 4) is 46.2 Å². The predicted octanol–water partition coefficient (Wildman–Crippen LogP) is 5.95. The molecular weight excluding hydrogens is 487 g/mol. The largest absolute Gasteiger partial charge is 0.497 e. The number of alkyl halides is 3. The Morgan fingerprint density at radius 1 is 0.973 bits per heavy atom. The zero-order chi connectivity index (χ0) is 26.2.